The van der Waals surface area contributed by atoms with Gasteiger partial charge in [0.1, 0.15) is 11.8 Å². The number of carbonyl (C=O) groups is 1. The lowest BCUT2D eigenvalue weighted by molar-refractivity contribution is -0.0526. The van der Waals surface area contributed by atoms with Crippen LogP contribution in [0.25, 0.3) is 5.57 Å². The zero-order valence-electron chi connectivity index (χ0n) is 22.8. The standard InChI is InChI=1S/C29H39N7O2/c1-4-35-13-15-36(16-14-35)29(11-17-38-18-12-29)24-6-5-23(33-27(37)26-31-20-22(19-30)32-26)25(34-24)21-7-9-28(2,3)10-8-21/h5-7,20H,4,8-18H2,1-3H3,(H,31,32)(H,33,37). The van der Waals surface area contributed by atoms with Crippen molar-refractivity contribution in [2.45, 2.75) is 58.4 Å². The first-order valence-corrected chi connectivity index (χ1v) is 13.9. The van der Waals surface area contributed by atoms with Crippen LogP contribution in [-0.4, -0.2) is 76.6 Å². The Morgan fingerprint density at radius 1 is 1.18 bits per heavy atom. The summed E-state index contributed by atoms with van der Waals surface area (Å²) < 4.78 is 5.82. The van der Waals surface area contributed by atoms with E-state index < -0.39 is 0 Å². The number of likely N-dealkylation sites (N-methyl/N-ethyl adjacent to an activating group) is 1. The van der Waals surface area contributed by atoms with Crippen LogP contribution in [0, 0.1) is 16.7 Å². The molecule has 202 valence electrons. The van der Waals surface area contributed by atoms with Gasteiger partial charge in [-0.1, -0.05) is 26.8 Å². The summed E-state index contributed by atoms with van der Waals surface area (Å²) in [5, 5.41) is 12.1. The Labute approximate surface area is 225 Å². The SMILES string of the molecule is CCN1CCN(C2(c3ccc(NC(=O)c4ncc(C#N)[nH]4)c(C4=CCC(C)(C)CC4)n3)CCOCC2)CC1. The Bertz CT molecular complexity index is 1230. The minimum absolute atomic E-state index is 0.116. The van der Waals surface area contributed by atoms with Gasteiger partial charge < -0.3 is 19.9 Å². The van der Waals surface area contributed by atoms with Crippen LogP contribution in [0.4, 0.5) is 5.69 Å². The molecule has 2 aromatic heterocycles. The normalized spacial score (nSPS) is 21.9. The van der Waals surface area contributed by atoms with Gasteiger partial charge in [0, 0.05) is 39.4 Å². The number of aromatic nitrogens is 3. The number of allylic oxidation sites excluding steroid dienone is 2. The van der Waals surface area contributed by atoms with Crippen LogP contribution < -0.4 is 5.32 Å². The summed E-state index contributed by atoms with van der Waals surface area (Å²) in [6, 6.07) is 6.08. The summed E-state index contributed by atoms with van der Waals surface area (Å²) in [5.74, 6) is -0.263. The minimum atomic E-state index is -0.379. The molecule has 9 nitrogen and oxygen atoms in total. The average Bonchev–Trinajstić information content (AvgIpc) is 3.44. The Kier molecular flexibility index (Phi) is 7.66. The fourth-order valence-electron chi connectivity index (χ4n) is 5.97. The fraction of sp³-hybridized carbons (Fsp3) is 0.586. The highest BCUT2D eigenvalue weighted by molar-refractivity contribution is 6.03. The van der Waals surface area contributed by atoms with Crippen molar-refractivity contribution in [3.8, 4) is 6.07 Å². The maximum absolute atomic E-state index is 13.0. The third-order valence-corrected chi connectivity index (χ3v) is 8.55. The monoisotopic (exact) mass is 517 g/mol. The van der Waals surface area contributed by atoms with E-state index in [0.29, 0.717) is 5.69 Å². The van der Waals surface area contributed by atoms with E-state index >= 15 is 0 Å². The molecule has 5 rings (SSSR count). The second-order valence-corrected chi connectivity index (χ2v) is 11.5. The fourth-order valence-corrected chi connectivity index (χ4v) is 5.97. The lowest BCUT2D eigenvalue weighted by Crippen LogP contribution is -2.57. The van der Waals surface area contributed by atoms with Gasteiger partial charge in [-0.15, -0.1) is 0 Å². The molecular weight excluding hydrogens is 478 g/mol. The minimum Gasteiger partial charge on any atom is -0.381 e. The van der Waals surface area contributed by atoms with E-state index in [0.717, 1.165) is 89.4 Å². The number of pyridine rings is 1. The number of anilines is 1. The molecule has 2 fully saturated rings. The number of hydrogen-bond donors (Lipinski definition) is 2. The maximum atomic E-state index is 13.0. The smallest absolute Gasteiger partial charge is 0.291 e. The second kappa shape index (κ2) is 11.0. The number of nitriles is 1. The quantitative estimate of drug-likeness (QED) is 0.592. The number of aromatic amines is 1. The van der Waals surface area contributed by atoms with Crippen LogP contribution >= 0.6 is 0 Å². The Balaban J connectivity index is 1.52. The van der Waals surface area contributed by atoms with E-state index in [1.54, 1.807) is 0 Å². The molecular formula is C29H39N7O2. The lowest BCUT2D eigenvalue weighted by Gasteiger charge is -2.49. The zero-order valence-corrected chi connectivity index (χ0v) is 22.8. The average molecular weight is 518 g/mol. The van der Waals surface area contributed by atoms with E-state index in [1.807, 2.05) is 12.1 Å². The predicted molar refractivity (Wildman–Crippen MR) is 147 cm³/mol. The first-order valence-electron chi connectivity index (χ1n) is 13.9. The van der Waals surface area contributed by atoms with Gasteiger partial charge in [0.15, 0.2) is 5.82 Å². The molecule has 0 aromatic carbocycles. The molecule has 1 aliphatic carbocycles. The summed E-state index contributed by atoms with van der Waals surface area (Å²) in [6.45, 7) is 13.5. The van der Waals surface area contributed by atoms with Gasteiger partial charge in [0.2, 0.25) is 0 Å². The van der Waals surface area contributed by atoms with Crippen molar-refractivity contribution < 1.29 is 9.53 Å². The third-order valence-electron chi connectivity index (χ3n) is 8.55. The van der Waals surface area contributed by atoms with E-state index in [4.69, 9.17) is 15.0 Å². The number of nitrogens with one attached hydrogen (secondary N) is 2. The maximum Gasteiger partial charge on any atom is 0.291 e. The summed E-state index contributed by atoms with van der Waals surface area (Å²) in [6.07, 6.45) is 8.44. The van der Waals surface area contributed by atoms with Gasteiger partial charge in [-0.3, -0.25) is 9.69 Å². The van der Waals surface area contributed by atoms with E-state index in [1.165, 1.54) is 11.8 Å². The molecule has 0 unspecified atom stereocenters. The van der Waals surface area contributed by atoms with Gasteiger partial charge in [-0.2, -0.15) is 5.26 Å². The number of imidazole rings is 1. The van der Waals surface area contributed by atoms with Gasteiger partial charge in [-0.25, -0.2) is 9.97 Å². The lowest BCUT2D eigenvalue weighted by atomic mass is 9.77. The molecule has 0 atom stereocenters. The molecule has 2 aliphatic heterocycles. The largest absolute Gasteiger partial charge is 0.381 e. The highest BCUT2D eigenvalue weighted by Gasteiger charge is 2.43. The summed E-state index contributed by atoms with van der Waals surface area (Å²) in [5.41, 5.74) is 4.10. The molecule has 2 saturated heterocycles. The van der Waals surface area contributed by atoms with Crippen molar-refractivity contribution in [1.29, 1.82) is 5.26 Å². The summed E-state index contributed by atoms with van der Waals surface area (Å²) >= 11 is 0. The van der Waals surface area contributed by atoms with Crippen molar-refractivity contribution in [3.05, 3.63) is 47.3 Å². The number of H-pyrrole nitrogens is 1. The summed E-state index contributed by atoms with van der Waals surface area (Å²) in [4.78, 5) is 30.4. The van der Waals surface area contributed by atoms with Crippen molar-refractivity contribution in [1.82, 2.24) is 24.8 Å². The predicted octanol–water partition coefficient (Wildman–Crippen LogP) is 4.17. The second-order valence-electron chi connectivity index (χ2n) is 11.5. The van der Waals surface area contributed by atoms with E-state index in [9.17, 15) is 4.79 Å². The number of hydrogen-bond acceptors (Lipinski definition) is 7. The third kappa shape index (κ3) is 5.39. The molecule has 9 heteroatoms. The van der Waals surface area contributed by atoms with Crippen LogP contribution in [0.15, 0.2) is 24.4 Å². The molecule has 0 spiro atoms. The van der Waals surface area contributed by atoms with Gasteiger partial charge in [-0.05, 0) is 61.8 Å². The van der Waals surface area contributed by atoms with Crippen LogP contribution in [-0.2, 0) is 10.3 Å². The topological polar surface area (TPSA) is 110 Å². The molecule has 2 aromatic rings. The van der Waals surface area contributed by atoms with Crippen molar-refractivity contribution in [2.75, 3.05) is 51.3 Å². The van der Waals surface area contributed by atoms with Crippen molar-refractivity contribution in [2.24, 2.45) is 5.41 Å². The number of carbonyl (C=O) groups excluding carboxylic acids is 1. The highest BCUT2D eigenvalue weighted by atomic mass is 16.5. The Hall–Kier alpha value is -3.06. The Morgan fingerprint density at radius 3 is 2.58 bits per heavy atom. The molecule has 0 saturated carbocycles. The van der Waals surface area contributed by atoms with Gasteiger partial charge in [0.25, 0.3) is 5.91 Å². The van der Waals surface area contributed by atoms with Crippen molar-refractivity contribution >= 4 is 17.2 Å². The molecule has 38 heavy (non-hydrogen) atoms. The van der Waals surface area contributed by atoms with E-state index in [-0.39, 0.29) is 28.4 Å². The first kappa shape index (κ1) is 26.5. The van der Waals surface area contributed by atoms with E-state index in [2.05, 4.69) is 58.0 Å². The van der Waals surface area contributed by atoms with Crippen LogP contribution in [0.2, 0.25) is 0 Å². The van der Waals surface area contributed by atoms with Gasteiger partial charge in [0.05, 0.1) is 28.8 Å². The number of rotatable bonds is 6. The van der Waals surface area contributed by atoms with Crippen LogP contribution in [0.1, 0.15) is 80.6 Å². The molecule has 2 N–H and O–H groups in total. The first-order chi connectivity index (χ1) is 18.3. The number of amides is 1. The Morgan fingerprint density at radius 2 is 1.95 bits per heavy atom. The molecule has 0 bridgehead atoms. The number of nitrogens with zero attached hydrogens (tertiary/aromatic N) is 5. The number of ether oxygens (including phenoxy) is 1. The number of piperazine rings is 1. The molecule has 3 aliphatic rings. The molecule has 4 heterocycles. The zero-order chi connectivity index (χ0) is 26.8. The molecule has 1 amide bonds. The van der Waals surface area contributed by atoms with Crippen LogP contribution in [0.5, 0.6) is 0 Å². The molecule has 0 radical (unpaired) electrons. The summed E-state index contributed by atoms with van der Waals surface area (Å²) in [7, 11) is 0. The van der Waals surface area contributed by atoms with Gasteiger partial charge >= 0.3 is 0 Å². The van der Waals surface area contributed by atoms with Crippen molar-refractivity contribution in [3.63, 3.8) is 0 Å². The van der Waals surface area contributed by atoms with Crippen LogP contribution in [0.3, 0.4) is 0 Å². The highest BCUT2D eigenvalue weighted by Crippen LogP contribution is 2.42.